The van der Waals surface area contributed by atoms with Gasteiger partial charge in [0.05, 0.1) is 33.8 Å². The lowest BCUT2D eigenvalue weighted by atomic mass is 10.1. The van der Waals surface area contributed by atoms with Crippen LogP contribution in [0, 0.1) is 0 Å². The van der Waals surface area contributed by atoms with Crippen molar-refractivity contribution in [2.75, 3.05) is 28.4 Å². The monoisotopic (exact) mass is 294 g/mol. The van der Waals surface area contributed by atoms with Crippen LogP contribution in [-0.4, -0.2) is 34.4 Å². The lowest BCUT2D eigenvalue weighted by Gasteiger charge is -2.14. The number of methoxy groups -OCH3 is 4. The molecule has 0 saturated carbocycles. The normalized spacial score (nSPS) is 10.3. The predicted molar refractivity (Wildman–Crippen MR) is 73.5 cm³/mol. The van der Waals surface area contributed by atoms with Gasteiger partial charge in [-0.15, -0.1) is 0 Å². The fraction of sp³-hybridized carbons (Fsp3) is 0.286. The molecule has 112 valence electrons. The number of fused-ring (bicyclic) bond motifs is 1. The van der Waals surface area contributed by atoms with E-state index in [2.05, 4.69) is 4.74 Å². The van der Waals surface area contributed by atoms with E-state index in [4.69, 9.17) is 18.6 Å². The van der Waals surface area contributed by atoms with Gasteiger partial charge in [-0.25, -0.2) is 9.59 Å². The van der Waals surface area contributed by atoms with E-state index in [-0.39, 0.29) is 16.9 Å². The van der Waals surface area contributed by atoms with Crippen molar-refractivity contribution in [3.05, 3.63) is 28.3 Å². The molecular formula is C14H14O7. The highest BCUT2D eigenvalue weighted by Crippen LogP contribution is 2.42. The number of rotatable bonds is 4. The van der Waals surface area contributed by atoms with Crippen molar-refractivity contribution in [2.24, 2.45) is 0 Å². The summed E-state index contributed by atoms with van der Waals surface area (Å²) in [5.74, 6) is -0.0786. The number of hydrogen-bond acceptors (Lipinski definition) is 7. The van der Waals surface area contributed by atoms with Crippen molar-refractivity contribution in [1.82, 2.24) is 0 Å². The molecule has 0 unspecified atom stereocenters. The number of ether oxygens (including phenoxy) is 4. The first-order chi connectivity index (χ1) is 10.1. The molecule has 7 nitrogen and oxygen atoms in total. The van der Waals surface area contributed by atoms with Gasteiger partial charge >= 0.3 is 11.6 Å². The summed E-state index contributed by atoms with van der Waals surface area (Å²) in [6.07, 6.45) is 0. The summed E-state index contributed by atoms with van der Waals surface area (Å²) < 4.78 is 25.2. The van der Waals surface area contributed by atoms with Gasteiger partial charge in [-0.2, -0.15) is 0 Å². The minimum absolute atomic E-state index is 0.206. The Kier molecular flexibility index (Phi) is 4.02. The molecule has 2 rings (SSSR count). The average molecular weight is 294 g/mol. The van der Waals surface area contributed by atoms with Gasteiger partial charge in [0, 0.05) is 11.5 Å². The summed E-state index contributed by atoms with van der Waals surface area (Å²) in [5, 5.41) is 0.573. The molecule has 2 aromatic rings. The molecule has 0 fully saturated rings. The van der Waals surface area contributed by atoms with Crippen molar-refractivity contribution in [3.8, 4) is 17.2 Å². The number of esters is 1. The molecule has 0 aliphatic carbocycles. The fourth-order valence-electron chi connectivity index (χ4n) is 2.01. The summed E-state index contributed by atoms with van der Waals surface area (Å²) in [4.78, 5) is 23.6. The highest BCUT2D eigenvalue weighted by atomic mass is 16.5. The van der Waals surface area contributed by atoms with E-state index in [1.54, 1.807) is 0 Å². The van der Waals surface area contributed by atoms with Crippen LogP contribution in [0.15, 0.2) is 21.3 Å². The van der Waals surface area contributed by atoms with Crippen LogP contribution in [0.5, 0.6) is 17.2 Å². The van der Waals surface area contributed by atoms with Gasteiger partial charge in [0.1, 0.15) is 0 Å². The van der Waals surface area contributed by atoms with E-state index in [1.807, 2.05) is 0 Å². The van der Waals surface area contributed by atoms with E-state index in [0.717, 1.165) is 0 Å². The Bertz CT molecular complexity index is 745. The number of hydrogen-bond donors (Lipinski definition) is 0. The Morgan fingerprint density at radius 1 is 0.952 bits per heavy atom. The van der Waals surface area contributed by atoms with Gasteiger partial charge < -0.3 is 23.4 Å². The summed E-state index contributed by atoms with van der Waals surface area (Å²) in [5.41, 5.74) is -0.702. The van der Waals surface area contributed by atoms with E-state index in [9.17, 15) is 9.59 Å². The third-order valence-corrected chi connectivity index (χ3v) is 2.95. The predicted octanol–water partition coefficient (Wildman–Crippen LogP) is 1.61. The SMILES string of the molecule is COC(=O)c1cc2c(OC)c(OC)c(OC)cc2c(=O)o1. The minimum Gasteiger partial charge on any atom is -0.493 e. The second kappa shape index (κ2) is 5.74. The smallest absolute Gasteiger partial charge is 0.374 e. The summed E-state index contributed by atoms with van der Waals surface area (Å²) in [6, 6.07) is 2.83. The van der Waals surface area contributed by atoms with Crippen LogP contribution in [0.1, 0.15) is 10.6 Å². The molecule has 1 aromatic heterocycles. The molecule has 0 amide bonds. The zero-order valence-electron chi connectivity index (χ0n) is 12.0. The van der Waals surface area contributed by atoms with Crippen LogP contribution in [0.2, 0.25) is 0 Å². The molecule has 0 aliphatic rings. The topological polar surface area (TPSA) is 84.2 Å². The van der Waals surface area contributed by atoms with Crippen LogP contribution in [0.4, 0.5) is 0 Å². The van der Waals surface area contributed by atoms with Gasteiger partial charge in [0.15, 0.2) is 11.5 Å². The second-order valence-electron chi connectivity index (χ2n) is 4.00. The minimum atomic E-state index is -0.758. The highest BCUT2D eigenvalue weighted by molar-refractivity contribution is 5.96. The van der Waals surface area contributed by atoms with Crippen LogP contribution in [-0.2, 0) is 4.74 Å². The van der Waals surface area contributed by atoms with Crippen molar-refractivity contribution >= 4 is 16.7 Å². The van der Waals surface area contributed by atoms with Gasteiger partial charge in [-0.05, 0) is 6.07 Å². The van der Waals surface area contributed by atoms with E-state index in [1.165, 1.54) is 40.6 Å². The third-order valence-electron chi connectivity index (χ3n) is 2.95. The quantitative estimate of drug-likeness (QED) is 0.792. The van der Waals surface area contributed by atoms with Gasteiger partial charge in [-0.3, -0.25) is 0 Å². The molecule has 0 atom stereocenters. The Labute approximate surface area is 120 Å². The molecule has 0 aliphatic heterocycles. The van der Waals surface area contributed by atoms with Crippen molar-refractivity contribution < 1.29 is 28.2 Å². The molecule has 0 spiro atoms. The maximum atomic E-state index is 12.0. The second-order valence-corrected chi connectivity index (χ2v) is 4.00. The standard InChI is InChI=1S/C14H14O7/c1-17-9-6-8-7(11(18-2)12(9)19-3)5-10(14(16)20-4)21-13(8)15/h5-6H,1-4H3. The Balaban J connectivity index is 2.90. The molecule has 1 heterocycles. The van der Waals surface area contributed by atoms with E-state index < -0.39 is 11.6 Å². The molecule has 0 saturated heterocycles. The first-order valence-electron chi connectivity index (χ1n) is 5.92. The molecular weight excluding hydrogens is 280 g/mol. The van der Waals surface area contributed by atoms with Gasteiger partial charge in [0.25, 0.3) is 0 Å². The van der Waals surface area contributed by atoms with Gasteiger partial charge in [0.2, 0.25) is 11.5 Å². The first-order valence-corrected chi connectivity index (χ1v) is 5.92. The largest absolute Gasteiger partial charge is 0.493 e. The number of benzene rings is 1. The van der Waals surface area contributed by atoms with Crippen LogP contribution < -0.4 is 19.8 Å². The molecule has 7 heteroatoms. The Hall–Kier alpha value is -2.70. The van der Waals surface area contributed by atoms with Crippen molar-refractivity contribution in [3.63, 3.8) is 0 Å². The maximum absolute atomic E-state index is 12.0. The summed E-state index contributed by atoms with van der Waals surface area (Å²) in [6.45, 7) is 0. The Morgan fingerprint density at radius 2 is 1.62 bits per heavy atom. The summed E-state index contributed by atoms with van der Waals surface area (Å²) in [7, 11) is 5.49. The van der Waals surface area contributed by atoms with Gasteiger partial charge in [-0.1, -0.05) is 0 Å². The third kappa shape index (κ3) is 2.37. The maximum Gasteiger partial charge on any atom is 0.374 e. The van der Waals surface area contributed by atoms with E-state index >= 15 is 0 Å². The first kappa shape index (κ1) is 14.7. The zero-order chi connectivity index (χ0) is 15.6. The molecule has 1 aromatic carbocycles. The van der Waals surface area contributed by atoms with Crippen LogP contribution >= 0.6 is 0 Å². The Morgan fingerprint density at radius 3 is 2.14 bits per heavy atom. The van der Waals surface area contributed by atoms with E-state index in [0.29, 0.717) is 16.9 Å². The zero-order valence-corrected chi connectivity index (χ0v) is 12.0. The van der Waals surface area contributed by atoms with Crippen molar-refractivity contribution in [1.29, 1.82) is 0 Å². The highest BCUT2D eigenvalue weighted by Gasteiger charge is 2.21. The molecule has 0 N–H and O–H groups in total. The molecule has 0 bridgehead atoms. The number of carbonyl (C=O) groups is 1. The lowest BCUT2D eigenvalue weighted by molar-refractivity contribution is 0.0560. The molecule has 0 radical (unpaired) electrons. The number of carbonyl (C=O) groups excluding carboxylic acids is 1. The fourth-order valence-corrected chi connectivity index (χ4v) is 2.01. The van der Waals surface area contributed by atoms with Crippen LogP contribution in [0.25, 0.3) is 10.8 Å². The average Bonchev–Trinajstić information content (AvgIpc) is 2.51. The lowest BCUT2D eigenvalue weighted by Crippen LogP contribution is -2.09. The summed E-state index contributed by atoms with van der Waals surface area (Å²) >= 11 is 0. The van der Waals surface area contributed by atoms with Crippen molar-refractivity contribution in [2.45, 2.75) is 0 Å². The molecule has 21 heavy (non-hydrogen) atoms. The van der Waals surface area contributed by atoms with Crippen LogP contribution in [0.3, 0.4) is 0 Å².